The van der Waals surface area contributed by atoms with Gasteiger partial charge < -0.3 is 10.1 Å². The predicted molar refractivity (Wildman–Crippen MR) is 69.8 cm³/mol. The van der Waals surface area contributed by atoms with Crippen molar-refractivity contribution >= 4 is 11.5 Å². The summed E-state index contributed by atoms with van der Waals surface area (Å²) in [5, 5.41) is 22.4. The van der Waals surface area contributed by atoms with Crippen LogP contribution >= 0.6 is 0 Å². The molecule has 1 aromatic heterocycles. The third-order valence-corrected chi connectivity index (χ3v) is 2.37. The second-order valence-electron chi connectivity index (χ2n) is 3.85. The van der Waals surface area contributed by atoms with E-state index >= 15 is 0 Å². The summed E-state index contributed by atoms with van der Waals surface area (Å²) >= 11 is 0. The Morgan fingerprint density at radius 2 is 2.37 bits per heavy atom. The second-order valence-corrected chi connectivity index (χ2v) is 3.85. The molecule has 0 fully saturated rings. The highest BCUT2D eigenvalue weighted by Gasteiger charge is 2.15. The highest BCUT2D eigenvalue weighted by Crippen LogP contribution is 2.22. The molecule has 1 aromatic rings. The number of anilines is 1. The van der Waals surface area contributed by atoms with E-state index in [1.165, 1.54) is 12.3 Å². The van der Waals surface area contributed by atoms with E-state index in [1.807, 2.05) is 6.07 Å². The minimum absolute atomic E-state index is 0.156. The third kappa shape index (κ3) is 4.89. The SMILES string of the molecule is CCCCOCCNc1ncc(C#N)cc1[N+](=O)[O-]. The number of rotatable bonds is 8. The average molecular weight is 264 g/mol. The summed E-state index contributed by atoms with van der Waals surface area (Å²) in [6, 6.07) is 3.02. The fourth-order valence-electron chi connectivity index (χ4n) is 1.38. The standard InChI is InChI=1S/C12H16N4O3/c1-2-3-5-19-6-4-14-12-11(16(17)18)7-10(8-13)9-15-12/h7,9H,2-6H2,1H3,(H,14,15). The summed E-state index contributed by atoms with van der Waals surface area (Å²) in [5.74, 6) is 0.156. The molecule has 0 aliphatic carbocycles. The Hall–Kier alpha value is -2.20. The number of nitriles is 1. The van der Waals surface area contributed by atoms with Crippen molar-refractivity contribution in [1.82, 2.24) is 4.98 Å². The van der Waals surface area contributed by atoms with Crippen molar-refractivity contribution < 1.29 is 9.66 Å². The Kier molecular flexibility index (Phi) is 6.26. The van der Waals surface area contributed by atoms with Crippen LogP contribution in [0.5, 0.6) is 0 Å². The van der Waals surface area contributed by atoms with Crippen molar-refractivity contribution in [2.24, 2.45) is 0 Å². The van der Waals surface area contributed by atoms with Crippen LogP contribution in [0, 0.1) is 21.4 Å². The first-order chi connectivity index (χ1) is 9.19. The predicted octanol–water partition coefficient (Wildman–Crippen LogP) is 2.09. The van der Waals surface area contributed by atoms with Crippen LogP contribution in [-0.4, -0.2) is 29.7 Å². The number of pyridine rings is 1. The van der Waals surface area contributed by atoms with Gasteiger partial charge in [-0.2, -0.15) is 5.26 Å². The Bertz CT molecular complexity index is 471. The minimum atomic E-state index is -0.561. The molecular weight excluding hydrogens is 248 g/mol. The molecule has 0 radical (unpaired) electrons. The summed E-state index contributed by atoms with van der Waals surface area (Å²) < 4.78 is 5.33. The van der Waals surface area contributed by atoms with E-state index in [0.717, 1.165) is 12.8 Å². The van der Waals surface area contributed by atoms with E-state index in [0.29, 0.717) is 19.8 Å². The van der Waals surface area contributed by atoms with Crippen molar-refractivity contribution in [1.29, 1.82) is 5.26 Å². The lowest BCUT2D eigenvalue weighted by atomic mass is 10.3. The van der Waals surface area contributed by atoms with Gasteiger partial charge in [-0.05, 0) is 6.42 Å². The largest absolute Gasteiger partial charge is 0.380 e. The smallest absolute Gasteiger partial charge is 0.312 e. The molecule has 0 unspecified atom stereocenters. The number of ether oxygens (including phenoxy) is 1. The number of nitro groups is 1. The molecule has 0 aromatic carbocycles. The molecule has 19 heavy (non-hydrogen) atoms. The van der Waals surface area contributed by atoms with Gasteiger partial charge in [0.2, 0.25) is 5.82 Å². The molecule has 0 spiro atoms. The zero-order valence-corrected chi connectivity index (χ0v) is 10.8. The van der Waals surface area contributed by atoms with Crippen LogP contribution in [0.2, 0.25) is 0 Å². The molecule has 0 bridgehead atoms. The van der Waals surface area contributed by atoms with Gasteiger partial charge >= 0.3 is 5.69 Å². The van der Waals surface area contributed by atoms with Crippen LogP contribution < -0.4 is 5.32 Å². The highest BCUT2D eigenvalue weighted by molar-refractivity contribution is 5.58. The molecule has 0 aliphatic heterocycles. The van der Waals surface area contributed by atoms with Gasteiger partial charge in [-0.1, -0.05) is 13.3 Å². The Morgan fingerprint density at radius 3 is 3.00 bits per heavy atom. The molecule has 1 rings (SSSR count). The molecule has 0 saturated heterocycles. The molecule has 1 heterocycles. The molecular formula is C12H16N4O3. The molecule has 0 aliphatic rings. The normalized spacial score (nSPS) is 9.89. The van der Waals surface area contributed by atoms with Crippen LogP contribution in [-0.2, 0) is 4.74 Å². The number of aromatic nitrogens is 1. The molecule has 0 atom stereocenters. The van der Waals surface area contributed by atoms with Crippen LogP contribution in [0.1, 0.15) is 25.3 Å². The third-order valence-electron chi connectivity index (χ3n) is 2.37. The molecule has 1 N–H and O–H groups in total. The van der Waals surface area contributed by atoms with Gasteiger partial charge in [-0.25, -0.2) is 4.98 Å². The first-order valence-electron chi connectivity index (χ1n) is 6.05. The van der Waals surface area contributed by atoms with Crippen LogP contribution in [0.15, 0.2) is 12.3 Å². The Balaban J connectivity index is 2.53. The van der Waals surface area contributed by atoms with Gasteiger partial charge in [0.25, 0.3) is 0 Å². The minimum Gasteiger partial charge on any atom is -0.380 e. The first kappa shape index (κ1) is 14.9. The Labute approximate surface area is 111 Å². The monoisotopic (exact) mass is 264 g/mol. The maximum absolute atomic E-state index is 10.8. The van der Waals surface area contributed by atoms with E-state index in [9.17, 15) is 10.1 Å². The number of unbranched alkanes of at least 4 members (excludes halogenated alkanes) is 1. The van der Waals surface area contributed by atoms with Crippen molar-refractivity contribution in [2.75, 3.05) is 25.1 Å². The molecule has 102 valence electrons. The number of nitrogens with zero attached hydrogens (tertiary/aromatic N) is 3. The molecule has 7 heteroatoms. The zero-order chi connectivity index (χ0) is 14.1. The fourth-order valence-corrected chi connectivity index (χ4v) is 1.38. The highest BCUT2D eigenvalue weighted by atomic mass is 16.6. The van der Waals surface area contributed by atoms with Crippen molar-refractivity contribution in [3.63, 3.8) is 0 Å². The van der Waals surface area contributed by atoms with E-state index in [2.05, 4.69) is 17.2 Å². The molecule has 0 amide bonds. The summed E-state index contributed by atoms with van der Waals surface area (Å²) in [5.41, 5.74) is -0.0379. The van der Waals surface area contributed by atoms with Crippen LogP contribution in [0.25, 0.3) is 0 Å². The lowest BCUT2D eigenvalue weighted by Crippen LogP contribution is -2.12. The fraction of sp³-hybridized carbons (Fsp3) is 0.500. The first-order valence-corrected chi connectivity index (χ1v) is 6.05. The Morgan fingerprint density at radius 1 is 1.58 bits per heavy atom. The average Bonchev–Trinajstić information content (AvgIpc) is 2.42. The summed E-state index contributed by atoms with van der Waals surface area (Å²) in [7, 11) is 0. The molecule has 0 saturated carbocycles. The van der Waals surface area contributed by atoms with Crippen molar-refractivity contribution in [3.05, 3.63) is 27.9 Å². The van der Waals surface area contributed by atoms with Crippen LogP contribution in [0.4, 0.5) is 11.5 Å². The number of hydrogen-bond acceptors (Lipinski definition) is 6. The summed E-state index contributed by atoms with van der Waals surface area (Å²) in [4.78, 5) is 14.2. The zero-order valence-electron chi connectivity index (χ0n) is 10.8. The quantitative estimate of drug-likeness (QED) is 0.438. The van der Waals surface area contributed by atoms with E-state index < -0.39 is 4.92 Å². The van der Waals surface area contributed by atoms with Gasteiger partial charge in [0.1, 0.15) is 6.07 Å². The van der Waals surface area contributed by atoms with Gasteiger partial charge in [0.15, 0.2) is 0 Å². The van der Waals surface area contributed by atoms with Crippen molar-refractivity contribution in [2.45, 2.75) is 19.8 Å². The summed E-state index contributed by atoms with van der Waals surface area (Å²) in [6.07, 6.45) is 3.36. The van der Waals surface area contributed by atoms with Gasteiger partial charge in [0, 0.05) is 25.4 Å². The maximum Gasteiger partial charge on any atom is 0.312 e. The second kappa shape index (κ2) is 8.00. The van der Waals surface area contributed by atoms with Gasteiger partial charge in [-0.3, -0.25) is 10.1 Å². The number of hydrogen-bond donors (Lipinski definition) is 1. The van der Waals surface area contributed by atoms with Crippen LogP contribution in [0.3, 0.4) is 0 Å². The molecule has 7 nitrogen and oxygen atoms in total. The number of nitrogens with one attached hydrogen (secondary N) is 1. The van der Waals surface area contributed by atoms with Gasteiger partial charge in [-0.15, -0.1) is 0 Å². The van der Waals surface area contributed by atoms with Gasteiger partial charge in [0.05, 0.1) is 17.1 Å². The van der Waals surface area contributed by atoms with E-state index in [4.69, 9.17) is 10.00 Å². The summed E-state index contributed by atoms with van der Waals surface area (Å²) in [6.45, 7) is 3.65. The van der Waals surface area contributed by atoms with E-state index in [-0.39, 0.29) is 17.1 Å². The van der Waals surface area contributed by atoms with Crippen molar-refractivity contribution in [3.8, 4) is 6.07 Å². The lowest BCUT2D eigenvalue weighted by Gasteiger charge is -2.06. The topological polar surface area (TPSA) is 101 Å². The lowest BCUT2D eigenvalue weighted by molar-refractivity contribution is -0.384. The van der Waals surface area contributed by atoms with E-state index in [1.54, 1.807) is 0 Å². The maximum atomic E-state index is 10.8.